The number of phenols is 2. The number of amides is 4. The molecule has 0 saturated carbocycles. The molecule has 4 aromatic heterocycles. The van der Waals surface area contributed by atoms with E-state index in [9.17, 15) is 24.6 Å². The van der Waals surface area contributed by atoms with Crippen molar-refractivity contribution in [2.75, 3.05) is 45.3 Å². The first-order valence-electron chi connectivity index (χ1n) is 18.8. The van der Waals surface area contributed by atoms with E-state index >= 15 is 0 Å². The smallest absolute Gasteiger partial charge is 0.323 e. The summed E-state index contributed by atoms with van der Waals surface area (Å²) in [6, 6.07) is 16.9. The van der Waals surface area contributed by atoms with Gasteiger partial charge in [0.2, 0.25) is 0 Å². The molecule has 8 N–H and O–H groups in total. The Kier molecular flexibility index (Phi) is 8.18. The van der Waals surface area contributed by atoms with Crippen molar-refractivity contribution in [1.29, 1.82) is 0 Å². The van der Waals surface area contributed by atoms with Crippen LogP contribution in [0.4, 0.5) is 27.5 Å². The summed E-state index contributed by atoms with van der Waals surface area (Å²) in [6.07, 6.45) is 3.68. The number of hydrogen-bond acceptors (Lipinski definition) is 5. The largest absolute Gasteiger partial charge is 0.506 e. The summed E-state index contributed by atoms with van der Waals surface area (Å²) in [5.74, 6) is 0.0456. The fraction of sp³-hybridized carbons (Fsp3) is 0.186. The Morgan fingerprint density at radius 2 is 1.10 bits per heavy atom. The number of aromatic amines is 4. The molecule has 4 amide bonds. The van der Waals surface area contributed by atoms with Crippen molar-refractivity contribution in [2.45, 2.75) is 25.7 Å². The van der Waals surface area contributed by atoms with Gasteiger partial charge in [-0.2, -0.15) is 0 Å². The molecule has 15 heteroatoms. The van der Waals surface area contributed by atoms with Crippen LogP contribution in [-0.2, 0) is 0 Å². The minimum absolute atomic E-state index is 0.0646. The Morgan fingerprint density at radius 1 is 0.672 bits per heavy atom. The zero-order valence-electron chi connectivity index (χ0n) is 31.2. The number of aromatic nitrogens is 4. The number of urea groups is 1. The van der Waals surface area contributed by atoms with Gasteiger partial charge in [0.25, 0.3) is 11.8 Å². The molecule has 0 saturated heterocycles. The average molecular weight is 816 g/mol. The van der Waals surface area contributed by atoms with Gasteiger partial charge in [-0.3, -0.25) is 9.59 Å². The first-order chi connectivity index (χ1) is 28.0. The van der Waals surface area contributed by atoms with E-state index in [1.54, 1.807) is 70.5 Å². The van der Waals surface area contributed by atoms with Gasteiger partial charge in [-0.15, -0.1) is 23.2 Å². The number of hydrogen-bond donors (Lipinski definition) is 8. The highest BCUT2D eigenvalue weighted by atomic mass is 35.5. The molecule has 292 valence electrons. The number of rotatable bonds is 6. The average Bonchev–Trinajstić information content (AvgIpc) is 4.06. The van der Waals surface area contributed by atoms with E-state index in [-0.39, 0.29) is 35.1 Å². The zero-order valence-corrected chi connectivity index (χ0v) is 32.7. The number of anilines is 4. The third-order valence-electron chi connectivity index (χ3n) is 11.6. The summed E-state index contributed by atoms with van der Waals surface area (Å²) in [6.45, 7) is 4.67. The molecule has 13 nitrogen and oxygen atoms in total. The van der Waals surface area contributed by atoms with Crippen molar-refractivity contribution < 1.29 is 24.6 Å². The minimum Gasteiger partial charge on any atom is -0.506 e. The molecular formula is C43H36Cl2N8O5. The Labute approximate surface area is 339 Å². The molecule has 6 heterocycles. The van der Waals surface area contributed by atoms with Gasteiger partial charge in [-0.25, -0.2) is 4.79 Å². The Bertz CT molecular complexity index is 2850. The van der Waals surface area contributed by atoms with E-state index in [1.807, 2.05) is 26.2 Å². The highest BCUT2D eigenvalue weighted by molar-refractivity contribution is 6.20. The predicted octanol–water partition coefficient (Wildman–Crippen LogP) is 9.25. The normalized spacial score (nSPS) is 16.2. The van der Waals surface area contributed by atoms with Crippen LogP contribution < -0.4 is 20.4 Å². The number of halogens is 2. The molecule has 1 unspecified atom stereocenters. The van der Waals surface area contributed by atoms with Gasteiger partial charge >= 0.3 is 6.03 Å². The van der Waals surface area contributed by atoms with Crippen LogP contribution >= 0.6 is 23.2 Å². The molecule has 0 fully saturated rings. The number of nitrogens with zero attached hydrogens (tertiary/aromatic N) is 2. The molecule has 2 atom stereocenters. The maximum Gasteiger partial charge on any atom is 0.323 e. The number of H-pyrrole nitrogens is 4. The SMILES string of the molecule is Cc1c[nH]c2c(O)cc3c(c12)C(CCl)CN3C(=O)c1cc2cc(NC(=O)Nc3ccc4[nH]c(C(=O)N5C[C@@H](CCl)c6c5cc(O)c5[nH]cc(C)c65)cc4c3)ccc2[nH]1. The number of carbonyl (C=O) groups excluding carboxylic acids is 3. The lowest BCUT2D eigenvalue weighted by Gasteiger charge is -2.17. The van der Waals surface area contributed by atoms with E-state index in [1.165, 1.54) is 0 Å². The zero-order chi connectivity index (χ0) is 40.1. The number of aryl methyl sites for hydroxylation is 2. The maximum atomic E-state index is 14.0. The molecule has 2 aliphatic heterocycles. The van der Waals surface area contributed by atoms with E-state index in [4.69, 9.17) is 23.2 Å². The molecular weight excluding hydrogens is 779 g/mol. The van der Waals surface area contributed by atoms with Crippen LogP contribution in [0.15, 0.2) is 73.1 Å². The number of nitrogens with one attached hydrogen (secondary N) is 6. The van der Waals surface area contributed by atoms with Gasteiger partial charge < -0.3 is 50.6 Å². The fourth-order valence-electron chi connectivity index (χ4n) is 8.92. The molecule has 8 aromatic rings. The van der Waals surface area contributed by atoms with Crippen LogP contribution in [0.2, 0.25) is 0 Å². The van der Waals surface area contributed by atoms with Crippen LogP contribution in [-0.4, -0.2) is 72.8 Å². The van der Waals surface area contributed by atoms with Crippen LogP contribution in [0.25, 0.3) is 43.6 Å². The summed E-state index contributed by atoms with van der Waals surface area (Å²) >= 11 is 12.8. The molecule has 0 bridgehead atoms. The predicted molar refractivity (Wildman–Crippen MR) is 229 cm³/mol. The third kappa shape index (κ3) is 5.48. The van der Waals surface area contributed by atoms with E-state index in [0.717, 1.165) is 43.8 Å². The molecule has 10 rings (SSSR count). The van der Waals surface area contributed by atoms with Gasteiger partial charge in [0.15, 0.2) is 0 Å². The number of carbonyl (C=O) groups is 3. The number of alkyl halides is 2. The summed E-state index contributed by atoms with van der Waals surface area (Å²) in [5, 5.41) is 30.5. The highest BCUT2D eigenvalue weighted by Crippen LogP contribution is 2.48. The van der Waals surface area contributed by atoms with E-state index in [0.29, 0.717) is 81.1 Å². The quantitative estimate of drug-likeness (QED) is 0.0777. The Morgan fingerprint density at radius 3 is 1.52 bits per heavy atom. The second-order valence-electron chi connectivity index (χ2n) is 15.2. The third-order valence-corrected chi connectivity index (χ3v) is 12.3. The lowest BCUT2D eigenvalue weighted by molar-refractivity contribution is 0.0977. The Balaban J connectivity index is 0.850. The monoisotopic (exact) mass is 814 g/mol. The molecule has 4 aromatic carbocycles. The van der Waals surface area contributed by atoms with E-state index < -0.39 is 6.03 Å². The first kappa shape index (κ1) is 35.8. The van der Waals surface area contributed by atoms with Crippen LogP contribution in [0.3, 0.4) is 0 Å². The first-order valence-corrected chi connectivity index (χ1v) is 19.8. The number of benzene rings is 4. The molecule has 0 spiro atoms. The topological polar surface area (TPSA) is 185 Å². The number of aromatic hydroxyl groups is 2. The van der Waals surface area contributed by atoms with Crippen LogP contribution in [0.1, 0.15) is 55.1 Å². The molecule has 2 aliphatic rings. The summed E-state index contributed by atoms with van der Waals surface area (Å²) in [4.78, 5) is 57.1. The lowest BCUT2D eigenvalue weighted by Crippen LogP contribution is -2.30. The van der Waals surface area contributed by atoms with Crippen molar-refractivity contribution in [1.82, 2.24) is 19.9 Å². The summed E-state index contributed by atoms with van der Waals surface area (Å²) < 4.78 is 0. The van der Waals surface area contributed by atoms with Crippen molar-refractivity contribution in [3.8, 4) is 11.5 Å². The summed E-state index contributed by atoms with van der Waals surface area (Å²) in [7, 11) is 0. The Hall–Kier alpha value is -6.57. The van der Waals surface area contributed by atoms with Crippen LogP contribution in [0.5, 0.6) is 11.5 Å². The highest BCUT2D eigenvalue weighted by Gasteiger charge is 2.38. The van der Waals surface area contributed by atoms with Gasteiger partial charge in [-0.05, 0) is 84.6 Å². The second kappa shape index (κ2) is 13.3. The minimum atomic E-state index is -0.476. The number of phenolic OH excluding ortho intramolecular Hbond substituents is 2. The number of fused-ring (bicyclic) bond motifs is 8. The van der Waals surface area contributed by atoms with Crippen LogP contribution in [0, 0.1) is 13.8 Å². The van der Waals surface area contributed by atoms with Crippen molar-refractivity contribution >= 4 is 107 Å². The van der Waals surface area contributed by atoms with Crippen molar-refractivity contribution in [3.05, 3.63) is 107 Å². The van der Waals surface area contributed by atoms with Gasteiger partial charge in [0, 0.05) is 105 Å². The van der Waals surface area contributed by atoms with Crippen molar-refractivity contribution in [2.24, 2.45) is 0 Å². The maximum absolute atomic E-state index is 14.0. The van der Waals surface area contributed by atoms with Gasteiger partial charge in [-0.1, -0.05) is 0 Å². The summed E-state index contributed by atoms with van der Waals surface area (Å²) in [5.41, 5.74) is 9.52. The lowest BCUT2D eigenvalue weighted by atomic mass is 9.97. The standard InChI is InChI=1S/C43H36Cl2N8O5/c1-19-15-46-39-33(54)11-31-37(35(19)39)23(13-44)17-52(31)41(56)29-9-21-7-25(3-5-27(21)50-29)48-43(58)49-26-4-6-28-22(8-26)10-30(51-28)42(57)53-18-24(14-45)38-32(53)12-34(55)40-36(38)20(2)16-47-40/h3-12,15-16,23-24,46-47,50-51,54-55H,13-14,17-18H2,1-2H3,(H2,48,49,58)/t23-,24?/m1/s1. The molecule has 0 aliphatic carbocycles. The molecule has 58 heavy (non-hydrogen) atoms. The second-order valence-corrected chi connectivity index (χ2v) is 15.8. The van der Waals surface area contributed by atoms with Crippen molar-refractivity contribution in [3.63, 3.8) is 0 Å². The van der Waals surface area contributed by atoms with Gasteiger partial charge in [0.05, 0.1) is 22.4 Å². The van der Waals surface area contributed by atoms with E-state index in [2.05, 4.69) is 30.6 Å². The fourth-order valence-corrected chi connectivity index (χ4v) is 9.43. The van der Waals surface area contributed by atoms with Gasteiger partial charge in [0.1, 0.15) is 22.9 Å². The molecule has 0 radical (unpaired) electrons.